The first-order valence-corrected chi connectivity index (χ1v) is 29.9. The summed E-state index contributed by atoms with van der Waals surface area (Å²) in [6, 6.07) is 4.52. The van der Waals surface area contributed by atoms with Gasteiger partial charge in [0.05, 0.1) is 23.2 Å². The Balaban J connectivity index is 0. The largest absolute Gasteiger partial charge is 0.283 e. The predicted molar refractivity (Wildman–Crippen MR) is 191 cm³/mol. The molecule has 0 atom stereocenters. The van der Waals surface area contributed by atoms with E-state index in [1.54, 1.807) is 0 Å². The third-order valence-corrected chi connectivity index (χ3v) is 70.1. The molecule has 0 aromatic rings. The quantitative estimate of drug-likeness (QED) is 0.0903. The Kier molecular flexibility index (Phi) is 21.9. The smallest absolute Gasteiger partial charge is 0.0873 e. The fourth-order valence-corrected chi connectivity index (χ4v) is 90.3. The molecule has 0 N–H and O–H groups in total. The van der Waals surface area contributed by atoms with Gasteiger partial charge in [-0.05, 0) is 17.9 Å². The molecule has 39 heavy (non-hydrogen) atoms. The van der Waals surface area contributed by atoms with Gasteiger partial charge in [0.2, 0.25) is 0 Å². The molecular formula is C33H68NPSi3Ti. The van der Waals surface area contributed by atoms with Gasteiger partial charge in [0.1, 0.15) is 0 Å². The van der Waals surface area contributed by atoms with Gasteiger partial charge >= 0.3 is 0 Å². The van der Waals surface area contributed by atoms with Crippen molar-refractivity contribution in [1.29, 1.82) is 0 Å². The molecular weight excluding hydrogens is 573 g/mol. The zero-order valence-electron chi connectivity index (χ0n) is 28.7. The SMILES string of the molecule is CC(C)C=CC=CC(C)C.CCCC[Si](C)(C)P(=NC1=CC=CC1)([Si](C)(C)CCCC)[Si](C)(C)CCCC.[Ti]. The van der Waals surface area contributed by atoms with E-state index < -0.39 is 28.9 Å². The van der Waals surface area contributed by atoms with Crippen molar-refractivity contribution in [3.63, 3.8) is 0 Å². The molecule has 1 nitrogen and oxygen atoms in total. The van der Waals surface area contributed by atoms with Gasteiger partial charge in [0, 0.05) is 33.8 Å². The van der Waals surface area contributed by atoms with Gasteiger partial charge in [0.15, 0.2) is 0 Å². The molecule has 0 bridgehead atoms. The second-order valence-corrected chi connectivity index (χ2v) is 48.6. The van der Waals surface area contributed by atoms with Gasteiger partial charge in [-0.3, -0.25) is 4.74 Å². The third-order valence-electron chi connectivity index (χ3n) is 8.19. The first-order valence-electron chi connectivity index (χ1n) is 16.0. The second kappa shape index (κ2) is 20.5. The summed E-state index contributed by atoms with van der Waals surface area (Å²) in [6.07, 6.45) is 24.9. The van der Waals surface area contributed by atoms with Crippen LogP contribution in [0.15, 0.2) is 53.0 Å². The number of allylic oxidation sites excluding steroid dienone is 7. The van der Waals surface area contributed by atoms with Crippen molar-refractivity contribution in [3.05, 3.63) is 48.2 Å². The number of rotatable bonds is 16. The first-order chi connectivity index (χ1) is 17.6. The summed E-state index contributed by atoms with van der Waals surface area (Å²) in [6.45, 7) is 32.6. The minimum atomic E-state index is -1.44. The van der Waals surface area contributed by atoms with Crippen LogP contribution in [-0.4, -0.2) is 23.2 Å². The summed E-state index contributed by atoms with van der Waals surface area (Å²) in [4.78, 5) is 0. The van der Waals surface area contributed by atoms with E-state index in [9.17, 15) is 0 Å². The third kappa shape index (κ3) is 13.6. The van der Waals surface area contributed by atoms with E-state index in [1.807, 2.05) is 0 Å². The molecule has 1 aliphatic carbocycles. The molecule has 1 rings (SSSR count). The molecule has 1 aliphatic rings. The van der Waals surface area contributed by atoms with Crippen molar-refractivity contribution in [1.82, 2.24) is 0 Å². The van der Waals surface area contributed by atoms with Crippen LogP contribution >= 0.6 is 5.70 Å². The molecule has 0 radical (unpaired) electrons. The Morgan fingerprint density at radius 2 is 1.08 bits per heavy atom. The molecule has 0 aliphatic heterocycles. The van der Waals surface area contributed by atoms with Crippen molar-refractivity contribution in [2.45, 2.75) is 151 Å². The summed E-state index contributed by atoms with van der Waals surface area (Å²) in [5.41, 5.74) is 0.134. The zero-order valence-corrected chi connectivity index (χ0v) is 34.1. The Labute approximate surface area is 264 Å². The molecule has 0 aromatic carbocycles. The van der Waals surface area contributed by atoms with Crippen molar-refractivity contribution < 1.29 is 21.7 Å². The Hall–Kier alpha value is 0.555. The molecule has 0 saturated heterocycles. The zero-order chi connectivity index (χ0) is 29.5. The van der Waals surface area contributed by atoms with Crippen molar-refractivity contribution in [2.24, 2.45) is 16.6 Å². The number of hydrogen-bond donors (Lipinski definition) is 0. The number of unbranched alkanes of at least 4 members (excludes halogenated alkanes) is 3. The molecule has 0 fully saturated rings. The van der Waals surface area contributed by atoms with E-state index in [2.05, 4.69) is 130 Å². The fraction of sp³-hybridized carbons (Fsp3) is 0.758. The summed E-state index contributed by atoms with van der Waals surface area (Å²) in [7, 11) is -4.33. The normalized spacial score (nSPS) is 14.7. The van der Waals surface area contributed by atoms with Gasteiger partial charge < -0.3 is 0 Å². The number of nitrogens with zero attached hydrogens (tertiary/aromatic N) is 1. The number of hydrogen-bond acceptors (Lipinski definition) is 1. The van der Waals surface area contributed by atoms with Gasteiger partial charge in [0.25, 0.3) is 0 Å². The maximum Gasteiger partial charge on any atom is 0.0873 e. The molecule has 226 valence electrons. The van der Waals surface area contributed by atoms with Crippen LogP contribution in [0.4, 0.5) is 0 Å². The van der Waals surface area contributed by atoms with E-state index in [0.717, 1.165) is 6.42 Å². The summed E-state index contributed by atoms with van der Waals surface area (Å²) < 4.78 is 6.08. The van der Waals surface area contributed by atoms with Gasteiger partial charge in [-0.2, -0.15) is 0 Å². The van der Waals surface area contributed by atoms with Crippen LogP contribution in [0, 0.1) is 11.8 Å². The van der Waals surface area contributed by atoms with E-state index >= 15 is 0 Å². The van der Waals surface area contributed by atoms with E-state index in [4.69, 9.17) is 4.74 Å². The Morgan fingerprint density at radius 1 is 0.718 bits per heavy atom. The average molecular weight is 642 g/mol. The van der Waals surface area contributed by atoms with Crippen LogP contribution in [0.1, 0.15) is 93.4 Å². The maximum atomic E-state index is 6.08. The summed E-state index contributed by atoms with van der Waals surface area (Å²) >= 11 is 0. The first kappa shape index (κ1) is 41.7. The topological polar surface area (TPSA) is 12.4 Å². The Bertz CT molecular complexity index is 763. The van der Waals surface area contributed by atoms with E-state index in [-0.39, 0.29) is 21.7 Å². The van der Waals surface area contributed by atoms with Crippen LogP contribution < -0.4 is 0 Å². The van der Waals surface area contributed by atoms with Gasteiger partial charge in [-0.15, -0.1) is 0 Å². The van der Waals surface area contributed by atoms with Crippen molar-refractivity contribution in [3.8, 4) is 0 Å². The minimum Gasteiger partial charge on any atom is -0.283 e. The Morgan fingerprint density at radius 3 is 1.33 bits per heavy atom. The molecule has 0 amide bonds. The van der Waals surface area contributed by atoms with Gasteiger partial charge in [-0.25, -0.2) is 0 Å². The molecule has 0 spiro atoms. The fourth-order valence-electron chi connectivity index (χ4n) is 6.45. The van der Waals surface area contributed by atoms with Crippen LogP contribution in [0.5, 0.6) is 0 Å². The average Bonchev–Trinajstić information content (AvgIpc) is 3.34. The second-order valence-electron chi connectivity index (χ2n) is 14.0. The monoisotopic (exact) mass is 641 g/mol. The molecule has 6 heteroatoms. The standard InChI is InChI=1S/C23H50NPSi3.C10H18.Ti/c1-10-13-20-26(4,5)25(24-23-18-16-17-19-23,27(6,7)21-14-11-2)28(8,9)22-15-12-3;1-9(2)7-5-6-8-10(3)4;/h16-18H,10-15,19-22H2,1-9H3;5-10H,1-4H3;. The molecule has 0 heterocycles. The maximum absolute atomic E-state index is 6.08. The van der Waals surface area contributed by atoms with Crippen LogP contribution in [0.3, 0.4) is 0 Å². The van der Waals surface area contributed by atoms with Crippen molar-refractivity contribution >= 4 is 28.9 Å². The van der Waals surface area contributed by atoms with Gasteiger partial charge in [-0.1, -0.05) is 187 Å². The van der Waals surface area contributed by atoms with Crippen molar-refractivity contribution in [2.75, 3.05) is 0 Å². The summed E-state index contributed by atoms with van der Waals surface area (Å²) in [5, 5.41) is 0. The van der Waals surface area contributed by atoms with Crippen LogP contribution in [-0.2, 0) is 21.7 Å². The van der Waals surface area contributed by atoms with E-state index in [1.165, 1.54) is 62.4 Å². The summed E-state index contributed by atoms with van der Waals surface area (Å²) in [5.74, 6) is 1.33. The molecule has 0 aromatic heterocycles. The minimum absolute atomic E-state index is 0. The van der Waals surface area contributed by atoms with Crippen LogP contribution in [0.25, 0.3) is 0 Å². The van der Waals surface area contributed by atoms with Crippen LogP contribution in [0.2, 0.25) is 57.4 Å². The van der Waals surface area contributed by atoms with E-state index in [0.29, 0.717) is 11.8 Å². The molecule has 0 unspecified atom stereocenters. The predicted octanol–water partition coefficient (Wildman–Crippen LogP) is 13.5. The molecule has 0 saturated carbocycles.